The van der Waals surface area contributed by atoms with Crippen molar-refractivity contribution < 1.29 is 4.74 Å². The third-order valence-corrected chi connectivity index (χ3v) is 1.82. The fourth-order valence-corrected chi connectivity index (χ4v) is 1.44. The summed E-state index contributed by atoms with van der Waals surface area (Å²) in [4.78, 5) is 0. The molecule has 11 heavy (non-hydrogen) atoms. The summed E-state index contributed by atoms with van der Waals surface area (Å²) < 4.78 is 5.60. The number of nitrogens with one attached hydrogen (secondary N) is 1. The number of ether oxygens (including phenoxy) is 1. The molecule has 66 valence electrons. The van der Waals surface area contributed by atoms with E-state index in [4.69, 9.17) is 16.3 Å². The molecule has 0 aromatic heterocycles. The second-order valence-corrected chi connectivity index (χ2v) is 4.34. The molecule has 0 amide bonds. The summed E-state index contributed by atoms with van der Waals surface area (Å²) in [6, 6.07) is 0. The molecule has 1 fully saturated rings. The van der Waals surface area contributed by atoms with Crippen LogP contribution in [-0.2, 0) is 4.74 Å². The van der Waals surface area contributed by atoms with Crippen LogP contribution in [0, 0.1) is 0 Å². The van der Waals surface area contributed by atoms with Gasteiger partial charge in [0.15, 0.2) is 0 Å². The lowest BCUT2D eigenvalue weighted by molar-refractivity contribution is -0.0329. The van der Waals surface area contributed by atoms with Crippen molar-refractivity contribution in [1.82, 2.24) is 5.32 Å². The summed E-state index contributed by atoms with van der Waals surface area (Å²) in [6.07, 6.45) is 2.51. The van der Waals surface area contributed by atoms with Crippen LogP contribution in [0.1, 0.15) is 26.7 Å². The SMILES string of the molecule is CC(C)(Cl)OC1CCNCC1. The largest absolute Gasteiger partial charge is 0.357 e. The molecule has 0 aliphatic carbocycles. The number of alkyl halides is 1. The summed E-state index contributed by atoms with van der Waals surface area (Å²) in [5, 5.41) is 2.78. The number of piperidine rings is 1. The van der Waals surface area contributed by atoms with Crippen molar-refractivity contribution in [2.24, 2.45) is 0 Å². The minimum absolute atomic E-state index is 0.351. The Labute approximate surface area is 73.3 Å². The smallest absolute Gasteiger partial charge is 0.136 e. The zero-order valence-corrected chi connectivity index (χ0v) is 7.95. The van der Waals surface area contributed by atoms with Gasteiger partial charge in [0.25, 0.3) is 0 Å². The van der Waals surface area contributed by atoms with Gasteiger partial charge in [0.05, 0.1) is 6.10 Å². The van der Waals surface area contributed by atoms with Crippen molar-refractivity contribution in [2.45, 2.75) is 37.9 Å². The molecule has 1 heterocycles. The number of rotatable bonds is 2. The minimum atomic E-state index is -0.498. The van der Waals surface area contributed by atoms with Crippen LogP contribution in [0.4, 0.5) is 0 Å². The lowest BCUT2D eigenvalue weighted by Gasteiger charge is -2.28. The predicted molar refractivity (Wildman–Crippen MR) is 46.9 cm³/mol. The average Bonchev–Trinajstić information content (AvgIpc) is 1.85. The van der Waals surface area contributed by atoms with Crippen molar-refractivity contribution in [3.05, 3.63) is 0 Å². The summed E-state index contributed by atoms with van der Waals surface area (Å²) in [5.41, 5.74) is 0. The fraction of sp³-hybridized carbons (Fsp3) is 1.00. The van der Waals surface area contributed by atoms with Crippen LogP contribution in [-0.4, -0.2) is 24.3 Å². The highest BCUT2D eigenvalue weighted by Gasteiger charge is 2.21. The van der Waals surface area contributed by atoms with Crippen LogP contribution in [0.15, 0.2) is 0 Å². The highest BCUT2D eigenvalue weighted by atomic mass is 35.5. The van der Waals surface area contributed by atoms with Gasteiger partial charge in [0, 0.05) is 0 Å². The topological polar surface area (TPSA) is 21.3 Å². The normalized spacial score (nSPS) is 22.1. The van der Waals surface area contributed by atoms with Gasteiger partial charge >= 0.3 is 0 Å². The lowest BCUT2D eigenvalue weighted by Crippen LogP contribution is -2.36. The molecule has 0 aromatic carbocycles. The molecule has 2 nitrogen and oxygen atoms in total. The number of halogens is 1. The molecular formula is C8H16ClNO. The van der Waals surface area contributed by atoms with Gasteiger partial charge in [0.1, 0.15) is 5.06 Å². The second kappa shape index (κ2) is 3.74. The number of hydrogen-bond donors (Lipinski definition) is 1. The van der Waals surface area contributed by atoms with Crippen LogP contribution in [0.5, 0.6) is 0 Å². The van der Waals surface area contributed by atoms with Crippen LogP contribution < -0.4 is 5.32 Å². The van der Waals surface area contributed by atoms with Gasteiger partial charge < -0.3 is 10.1 Å². The molecule has 1 aliphatic heterocycles. The van der Waals surface area contributed by atoms with E-state index in [0.29, 0.717) is 6.10 Å². The Morgan fingerprint density at radius 1 is 1.36 bits per heavy atom. The Morgan fingerprint density at radius 3 is 2.36 bits per heavy atom. The Morgan fingerprint density at radius 2 is 1.91 bits per heavy atom. The zero-order valence-electron chi connectivity index (χ0n) is 7.19. The predicted octanol–water partition coefficient (Wildman–Crippen LogP) is 1.73. The standard InChI is InChI=1S/C8H16ClNO/c1-8(2,9)11-7-3-5-10-6-4-7/h7,10H,3-6H2,1-2H3. The molecule has 1 rings (SSSR count). The summed E-state index contributed by atoms with van der Waals surface area (Å²) >= 11 is 5.92. The van der Waals surface area contributed by atoms with Crippen molar-refractivity contribution in [3.63, 3.8) is 0 Å². The van der Waals surface area contributed by atoms with Gasteiger partial charge in [-0.25, -0.2) is 0 Å². The molecule has 1 saturated heterocycles. The van der Waals surface area contributed by atoms with Gasteiger partial charge in [0.2, 0.25) is 0 Å². The minimum Gasteiger partial charge on any atom is -0.357 e. The molecule has 0 unspecified atom stereocenters. The van der Waals surface area contributed by atoms with Crippen LogP contribution in [0.25, 0.3) is 0 Å². The Balaban J connectivity index is 2.24. The molecule has 0 saturated carbocycles. The molecule has 0 spiro atoms. The molecule has 0 aromatic rings. The van der Waals surface area contributed by atoms with E-state index in [9.17, 15) is 0 Å². The van der Waals surface area contributed by atoms with Gasteiger partial charge in [-0.05, 0) is 39.8 Å². The lowest BCUT2D eigenvalue weighted by atomic mass is 10.1. The maximum absolute atomic E-state index is 5.92. The fourth-order valence-electron chi connectivity index (χ4n) is 1.31. The molecule has 0 atom stereocenters. The van der Waals surface area contributed by atoms with Gasteiger partial charge in [-0.3, -0.25) is 0 Å². The van der Waals surface area contributed by atoms with E-state index >= 15 is 0 Å². The first-order chi connectivity index (χ1) is 5.08. The maximum Gasteiger partial charge on any atom is 0.136 e. The van der Waals surface area contributed by atoms with E-state index < -0.39 is 5.06 Å². The van der Waals surface area contributed by atoms with Gasteiger partial charge in [-0.15, -0.1) is 0 Å². The van der Waals surface area contributed by atoms with Gasteiger partial charge in [-0.2, -0.15) is 0 Å². The average molecular weight is 178 g/mol. The Kier molecular flexibility index (Phi) is 3.16. The number of hydrogen-bond acceptors (Lipinski definition) is 2. The van der Waals surface area contributed by atoms with E-state index in [1.54, 1.807) is 0 Å². The molecular weight excluding hydrogens is 162 g/mol. The van der Waals surface area contributed by atoms with Crippen molar-refractivity contribution in [2.75, 3.05) is 13.1 Å². The quantitative estimate of drug-likeness (QED) is 0.649. The monoisotopic (exact) mass is 177 g/mol. The third kappa shape index (κ3) is 3.94. The summed E-state index contributed by atoms with van der Waals surface area (Å²) in [6.45, 7) is 5.88. The van der Waals surface area contributed by atoms with Crippen molar-refractivity contribution >= 4 is 11.6 Å². The highest BCUT2D eigenvalue weighted by Crippen LogP contribution is 2.20. The van der Waals surface area contributed by atoms with E-state index in [1.807, 2.05) is 13.8 Å². The zero-order chi connectivity index (χ0) is 8.32. The molecule has 1 N–H and O–H groups in total. The first-order valence-corrected chi connectivity index (χ1v) is 4.53. The first-order valence-electron chi connectivity index (χ1n) is 4.15. The second-order valence-electron chi connectivity index (χ2n) is 3.43. The molecule has 0 radical (unpaired) electrons. The van der Waals surface area contributed by atoms with E-state index in [2.05, 4.69) is 5.32 Å². The van der Waals surface area contributed by atoms with Crippen molar-refractivity contribution in [3.8, 4) is 0 Å². The molecule has 1 aliphatic rings. The van der Waals surface area contributed by atoms with Crippen molar-refractivity contribution in [1.29, 1.82) is 0 Å². The van der Waals surface area contributed by atoms with E-state index in [-0.39, 0.29) is 0 Å². The van der Waals surface area contributed by atoms with Crippen LogP contribution in [0.3, 0.4) is 0 Å². The molecule has 3 heteroatoms. The molecule has 0 bridgehead atoms. The van der Waals surface area contributed by atoms with E-state index in [1.165, 1.54) is 0 Å². The summed E-state index contributed by atoms with van der Waals surface area (Å²) in [5.74, 6) is 0. The van der Waals surface area contributed by atoms with Gasteiger partial charge in [-0.1, -0.05) is 11.6 Å². The first kappa shape index (κ1) is 9.30. The Bertz CT molecular complexity index is 116. The van der Waals surface area contributed by atoms with E-state index in [0.717, 1.165) is 25.9 Å². The maximum atomic E-state index is 5.92. The van der Waals surface area contributed by atoms with Crippen LogP contribution >= 0.6 is 11.6 Å². The Hall–Kier alpha value is 0.210. The third-order valence-electron chi connectivity index (χ3n) is 1.73. The van der Waals surface area contributed by atoms with Crippen LogP contribution in [0.2, 0.25) is 0 Å². The summed E-state index contributed by atoms with van der Waals surface area (Å²) in [7, 11) is 0. The highest BCUT2D eigenvalue weighted by molar-refractivity contribution is 6.22.